The third-order valence-corrected chi connectivity index (χ3v) is 4.74. The van der Waals surface area contributed by atoms with E-state index >= 15 is 0 Å². The molecule has 4 rings (SSSR count). The molecule has 124 valence electrons. The molecule has 0 unspecified atom stereocenters. The molecule has 0 amide bonds. The van der Waals surface area contributed by atoms with Crippen LogP contribution in [0.4, 0.5) is 5.82 Å². The first-order chi connectivity index (χ1) is 12.2. The number of anilines is 1. The van der Waals surface area contributed by atoms with Crippen molar-refractivity contribution in [2.45, 2.75) is 26.8 Å². The number of nitrogens with zero attached hydrogens (tertiary/aromatic N) is 5. The van der Waals surface area contributed by atoms with Gasteiger partial charge in [0.25, 0.3) is 0 Å². The van der Waals surface area contributed by atoms with E-state index in [-0.39, 0.29) is 0 Å². The Morgan fingerprint density at radius 1 is 1.08 bits per heavy atom. The lowest BCUT2D eigenvalue weighted by molar-refractivity contribution is 0.689. The highest BCUT2D eigenvalue weighted by Gasteiger charge is 2.22. The fraction of sp³-hybridized carbons (Fsp3) is 0.250. The normalized spacial score (nSPS) is 13.4. The van der Waals surface area contributed by atoms with E-state index in [1.165, 1.54) is 11.3 Å². The number of aromatic nitrogens is 3. The van der Waals surface area contributed by atoms with Gasteiger partial charge in [-0.3, -0.25) is 0 Å². The largest absolute Gasteiger partial charge is 0.350 e. The van der Waals surface area contributed by atoms with Crippen molar-refractivity contribution in [1.29, 1.82) is 5.26 Å². The first-order valence-corrected chi connectivity index (χ1v) is 8.40. The van der Waals surface area contributed by atoms with E-state index in [9.17, 15) is 5.26 Å². The third-order valence-electron chi connectivity index (χ3n) is 4.74. The molecule has 25 heavy (non-hydrogen) atoms. The molecule has 3 heterocycles. The van der Waals surface area contributed by atoms with Crippen LogP contribution in [-0.4, -0.2) is 21.1 Å². The lowest BCUT2D eigenvalue weighted by Crippen LogP contribution is -2.32. The van der Waals surface area contributed by atoms with E-state index < -0.39 is 0 Å². The third kappa shape index (κ3) is 2.76. The van der Waals surface area contributed by atoms with Gasteiger partial charge < -0.3 is 9.47 Å². The predicted molar refractivity (Wildman–Crippen MR) is 96.7 cm³/mol. The summed E-state index contributed by atoms with van der Waals surface area (Å²) >= 11 is 0. The summed E-state index contributed by atoms with van der Waals surface area (Å²) in [6.45, 7) is 5.59. The topological polar surface area (TPSA) is 57.7 Å². The van der Waals surface area contributed by atoms with Gasteiger partial charge in [0.05, 0.1) is 18.6 Å². The van der Waals surface area contributed by atoms with Crippen LogP contribution in [0, 0.1) is 25.2 Å². The molecule has 1 aliphatic rings. The zero-order valence-corrected chi connectivity index (χ0v) is 14.4. The second-order valence-electron chi connectivity index (χ2n) is 6.46. The van der Waals surface area contributed by atoms with Crippen molar-refractivity contribution in [2.24, 2.45) is 0 Å². The highest BCUT2D eigenvalue weighted by molar-refractivity contribution is 5.47. The SMILES string of the molecule is Cc1ccc(-n2cnc3c2CCN(c2ccc(C)c(C#N)n2)C3)cc1. The van der Waals surface area contributed by atoms with E-state index in [0.717, 1.165) is 42.3 Å². The second-order valence-corrected chi connectivity index (χ2v) is 6.46. The van der Waals surface area contributed by atoms with Crippen LogP contribution in [-0.2, 0) is 13.0 Å². The van der Waals surface area contributed by atoms with E-state index in [4.69, 9.17) is 0 Å². The first kappa shape index (κ1) is 15.4. The fourth-order valence-electron chi connectivity index (χ4n) is 3.24. The Labute approximate surface area is 147 Å². The number of rotatable bonds is 2. The van der Waals surface area contributed by atoms with Crippen LogP contribution in [0.2, 0.25) is 0 Å². The number of hydrogen-bond donors (Lipinski definition) is 0. The van der Waals surface area contributed by atoms with E-state index in [1.807, 2.05) is 25.4 Å². The molecule has 0 bridgehead atoms. The quantitative estimate of drug-likeness (QED) is 0.724. The molecule has 5 nitrogen and oxygen atoms in total. The fourth-order valence-corrected chi connectivity index (χ4v) is 3.24. The molecule has 0 fully saturated rings. The highest BCUT2D eigenvalue weighted by Crippen LogP contribution is 2.25. The number of hydrogen-bond acceptors (Lipinski definition) is 4. The smallest absolute Gasteiger partial charge is 0.145 e. The van der Waals surface area contributed by atoms with Crippen molar-refractivity contribution in [2.75, 3.05) is 11.4 Å². The molecular formula is C20H19N5. The van der Waals surface area contributed by atoms with Crippen molar-refractivity contribution in [3.63, 3.8) is 0 Å². The van der Waals surface area contributed by atoms with E-state index in [1.54, 1.807) is 0 Å². The number of imidazole rings is 1. The summed E-state index contributed by atoms with van der Waals surface area (Å²) < 4.78 is 2.18. The molecule has 0 saturated carbocycles. The number of fused-ring (bicyclic) bond motifs is 1. The molecule has 0 radical (unpaired) electrons. The van der Waals surface area contributed by atoms with Crippen LogP contribution >= 0.6 is 0 Å². The van der Waals surface area contributed by atoms with Gasteiger partial charge in [-0.15, -0.1) is 0 Å². The standard InChI is InChI=1S/C20H19N5/c1-14-3-6-16(7-4-14)25-13-22-18-12-24(10-9-19(18)25)20-8-5-15(2)17(11-21)23-20/h3-8,13H,9-10,12H2,1-2H3. The zero-order valence-electron chi connectivity index (χ0n) is 14.4. The van der Waals surface area contributed by atoms with Crippen molar-refractivity contribution in [1.82, 2.24) is 14.5 Å². The molecule has 1 aliphatic heterocycles. The van der Waals surface area contributed by atoms with Crippen LogP contribution in [0.15, 0.2) is 42.7 Å². The van der Waals surface area contributed by atoms with Gasteiger partial charge >= 0.3 is 0 Å². The van der Waals surface area contributed by atoms with Gasteiger partial charge in [0.15, 0.2) is 0 Å². The van der Waals surface area contributed by atoms with Gasteiger partial charge in [0, 0.05) is 24.3 Å². The summed E-state index contributed by atoms with van der Waals surface area (Å²) in [5.74, 6) is 0.845. The minimum absolute atomic E-state index is 0.494. The Hall–Kier alpha value is -3.13. The molecule has 0 aliphatic carbocycles. The van der Waals surface area contributed by atoms with Gasteiger partial charge in [-0.2, -0.15) is 5.26 Å². The molecule has 1 aromatic carbocycles. The summed E-state index contributed by atoms with van der Waals surface area (Å²) in [4.78, 5) is 11.3. The molecule has 0 N–H and O–H groups in total. The molecule has 5 heteroatoms. The maximum atomic E-state index is 9.20. The maximum absolute atomic E-state index is 9.20. The van der Waals surface area contributed by atoms with Gasteiger partial charge in [0.1, 0.15) is 17.6 Å². The van der Waals surface area contributed by atoms with Gasteiger partial charge in [-0.1, -0.05) is 23.8 Å². The van der Waals surface area contributed by atoms with Crippen molar-refractivity contribution < 1.29 is 0 Å². The number of nitriles is 1. The summed E-state index contributed by atoms with van der Waals surface area (Å²) in [5, 5.41) is 9.20. The summed E-state index contributed by atoms with van der Waals surface area (Å²) in [6.07, 6.45) is 2.81. The van der Waals surface area contributed by atoms with Gasteiger partial charge in [0.2, 0.25) is 0 Å². The molecular weight excluding hydrogens is 310 g/mol. The molecule has 0 atom stereocenters. The average molecular weight is 329 g/mol. The van der Waals surface area contributed by atoms with Crippen LogP contribution < -0.4 is 4.90 Å². The molecule has 0 spiro atoms. The van der Waals surface area contributed by atoms with Crippen molar-refractivity contribution in [3.8, 4) is 11.8 Å². The van der Waals surface area contributed by atoms with Gasteiger partial charge in [-0.05, 0) is 37.6 Å². The summed E-state index contributed by atoms with van der Waals surface area (Å²) in [5.41, 5.74) is 6.14. The summed E-state index contributed by atoms with van der Waals surface area (Å²) in [7, 11) is 0. The van der Waals surface area contributed by atoms with Crippen LogP contribution in [0.3, 0.4) is 0 Å². The minimum atomic E-state index is 0.494. The first-order valence-electron chi connectivity index (χ1n) is 8.40. The molecule has 0 saturated heterocycles. The van der Waals surface area contributed by atoms with Crippen LogP contribution in [0.1, 0.15) is 28.2 Å². The lowest BCUT2D eigenvalue weighted by atomic mass is 10.1. The number of benzene rings is 1. The Kier molecular flexibility index (Phi) is 3.73. The Morgan fingerprint density at radius 3 is 2.64 bits per heavy atom. The van der Waals surface area contributed by atoms with Crippen molar-refractivity contribution in [3.05, 3.63) is 70.9 Å². The molecule has 2 aromatic heterocycles. The predicted octanol–water partition coefficient (Wildman–Crippen LogP) is 3.32. The highest BCUT2D eigenvalue weighted by atomic mass is 15.2. The van der Waals surface area contributed by atoms with Gasteiger partial charge in [-0.25, -0.2) is 9.97 Å². The Bertz CT molecular complexity index is 963. The monoisotopic (exact) mass is 329 g/mol. The summed E-state index contributed by atoms with van der Waals surface area (Å²) in [6, 6.07) is 14.6. The molecule has 3 aromatic rings. The van der Waals surface area contributed by atoms with E-state index in [0.29, 0.717) is 5.69 Å². The number of aryl methyl sites for hydroxylation is 2. The average Bonchev–Trinajstić information content (AvgIpc) is 3.06. The van der Waals surface area contributed by atoms with Crippen LogP contribution in [0.25, 0.3) is 5.69 Å². The zero-order chi connectivity index (χ0) is 17.4. The van der Waals surface area contributed by atoms with E-state index in [2.05, 4.69) is 56.7 Å². The Morgan fingerprint density at radius 2 is 1.88 bits per heavy atom. The number of pyridine rings is 1. The van der Waals surface area contributed by atoms with Crippen molar-refractivity contribution >= 4 is 5.82 Å². The lowest BCUT2D eigenvalue weighted by Gasteiger charge is -2.28. The maximum Gasteiger partial charge on any atom is 0.145 e. The minimum Gasteiger partial charge on any atom is -0.350 e. The Balaban J connectivity index is 1.63. The second kappa shape index (κ2) is 6.06. The van der Waals surface area contributed by atoms with Crippen LogP contribution in [0.5, 0.6) is 0 Å².